The Labute approximate surface area is 119 Å². The number of ether oxygens (including phenoxy) is 2. The highest BCUT2D eigenvalue weighted by molar-refractivity contribution is 5.99. The third-order valence-corrected chi connectivity index (χ3v) is 2.71. The molecule has 0 fully saturated rings. The molecule has 0 spiro atoms. The van der Waals surface area contributed by atoms with E-state index in [9.17, 15) is 0 Å². The van der Waals surface area contributed by atoms with Gasteiger partial charge in [-0.1, -0.05) is 11.2 Å². The van der Waals surface area contributed by atoms with Crippen molar-refractivity contribution in [2.45, 2.75) is 26.5 Å². The van der Waals surface area contributed by atoms with Gasteiger partial charge in [0.2, 0.25) is 0 Å². The molecular formula is C14H23N3O3. The predicted octanol–water partition coefficient (Wildman–Crippen LogP) is 1.30. The van der Waals surface area contributed by atoms with Gasteiger partial charge in [0.25, 0.3) is 0 Å². The van der Waals surface area contributed by atoms with E-state index in [1.807, 2.05) is 26.0 Å². The lowest BCUT2D eigenvalue weighted by Gasteiger charge is -2.11. The van der Waals surface area contributed by atoms with Crippen molar-refractivity contribution in [3.63, 3.8) is 0 Å². The Kier molecular flexibility index (Phi) is 6.83. The van der Waals surface area contributed by atoms with E-state index in [-0.39, 0.29) is 11.9 Å². The Morgan fingerprint density at radius 2 is 2.20 bits per heavy atom. The quantitative estimate of drug-likeness (QED) is 0.220. The fourth-order valence-electron chi connectivity index (χ4n) is 1.71. The van der Waals surface area contributed by atoms with Crippen LogP contribution in [0.5, 0.6) is 5.75 Å². The smallest absolute Gasteiger partial charge is 0.173 e. The Hall–Kier alpha value is -1.79. The first-order chi connectivity index (χ1) is 9.58. The summed E-state index contributed by atoms with van der Waals surface area (Å²) in [7, 11) is 1.55. The summed E-state index contributed by atoms with van der Waals surface area (Å²) < 4.78 is 10.7. The maximum absolute atomic E-state index is 8.70. The third-order valence-electron chi connectivity index (χ3n) is 2.71. The summed E-state index contributed by atoms with van der Waals surface area (Å²) in [6, 6.07) is 5.55. The molecule has 0 unspecified atom stereocenters. The highest BCUT2D eigenvalue weighted by atomic mass is 16.5. The maximum atomic E-state index is 8.70. The zero-order valence-corrected chi connectivity index (χ0v) is 12.2. The van der Waals surface area contributed by atoms with Crippen LogP contribution in [-0.2, 0) is 11.3 Å². The maximum Gasteiger partial charge on any atom is 0.173 e. The largest absolute Gasteiger partial charge is 0.496 e. The number of benzene rings is 1. The number of rotatable bonds is 8. The molecule has 4 N–H and O–H groups in total. The summed E-state index contributed by atoms with van der Waals surface area (Å²) >= 11 is 0. The summed E-state index contributed by atoms with van der Waals surface area (Å²) in [5, 5.41) is 15.0. The van der Waals surface area contributed by atoms with Crippen LogP contribution in [0.2, 0.25) is 0 Å². The normalized spacial score (nSPS) is 11.9. The second kappa shape index (κ2) is 8.39. The van der Waals surface area contributed by atoms with E-state index >= 15 is 0 Å². The fourth-order valence-corrected chi connectivity index (χ4v) is 1.71. The summed E-state index contributed by atoms with van der Waals surface area (Å²) in [6.07, 6.45) is 0.247. The summed E-state index contributed by atoms with van der Waals surface area (Å²) in [4.78, 5) is 0. The SMILES string of the molecule is COc1cc(CNCCOC(C)C)ccc1/C(N)=N/O. The summed E-state index contributed by atoms with van der Waals surface area (Å²) in [6.45, 7) is 6.18. The molecule has 1 aromatic rings. The monoisotopic (exact) mass is 281 g/mol. The van der Waals surface area contributed by atoms with E-state index in [0.29, 0.717) is 24.5 Å². The number of hydrogen-bond acceptors (Lipinski definition) is 5. The van der Waals surface area contributed by atoms with Crippen molar-refractivity contribution >= 4 is 5.84 Å². The lowest BCUT2D eigenvalue weighted by atomic mass is 10.1. The molecule has 1 rings (SSSR count). The van der Waals surface area contributed by atoms with E-state index in [0.717, 1.165) is 12.1 Å². The molecule has 20 heavy (non-hydrogen) atoms. The van der Waals surface area contributed by atoms with E-state index in [2.05, 4.69) is 10.5 Å². The van der Waals surface area contributed by atoms with Crippen LogP contribution >= 0.6 is 0 Å². The molecule has 112 valence electrons. The second-order valence-electron chi connectivity index (χ2n) is 4.62. The van der Waals surface area contributed by atoms with Gasteiger partial charge in [0.05, 0.1) is 25.4 Å². The first-order valence-corrected chi connectivity index (χ1v) is 6.55. The molecule has 0 radical (unpaired) electrons. The third kappa shape index (κ3) is 5.07. The first kappa shape index (κ1) is 16.3. The van der Waals surface area contributed by atoms with E-state index in [1.165, 1.54) is 0 Å². The van der Waals surface area contributed by atoms with Crippen molar-refractivity contribution in [2.75, 3.05) is 20.3 Å². The van der Waals surface area contributed by atoms with Gasteiger partial charge in [-0.05, 0) is 31.5 Å². The Morgan fingerprint density at radius 3 is 2.80 bits per heavy atom. The molecular weight excluding hydrogens is 258 g/mol. The van der Waals surface area contributed by atoms with Crippen LogP contribution in [0.3, 0.4) is 0 Å². The van der Waals surface area contributed by atoms with Gasteiger partial charge >= 0.3 is 0 Å². The van der Waals surface area contributed by atoms with Crippen molar-refractivity contribution in [2.24, 2.45) is 10.9 Å². The van der Waals surface area contributed by atoms with Crippen LogP contribution in [0.15, 0.2) is 23.4 Å². The summed E-state index contributed by atoms with van der Waals surface area (Å²) in [5.41, 5.74) is 7.20. The Bertz CT molecular complexity index is 447. The molecule has 0 aliphatic heterocycles. The molecule has 0 heterocycles. The molecule has 6 nitrogen and oxygen atoms in total. The fraction of sp³-hybridized carbons (Fsp3) is 0.500. The lowest BCUT2D eigenvalue weighted by molar-refractivity contribution is 0.0807. The van der Waals surface area contributed by atoms with E-state index in [1.54, 1.807) is 13.2 Å². The van der Waals surface area contributed by atoms with Gasteiger partial charge in [-0.2, -0.15) is 0 Å². The van der Waals surface area contributed by atoms with Crippen LogP contribution in [-0.4, -0.2) is 37.4 Å². The molecule has 0 amide bonds. The van der Waals surface area contributed by atoms with Crippen LogP contribution < -0.4 is 15.8 Å². The number of amidine groups is 1. The zero-order chi connectivity index (χ0) is 15.0. The van der Waals surface area contributed by atoms with Crippen LogP contribution in [0, 0.1) is 0 Å². The predicted molar refractivity (Wildman–Crippen MR) is 78.3 cm³/mol. The van der Waals surface area contributed by atoms with Crippen LogP contribution in [0.1, 0.15) is 25.0 Å². The van der Waals surface area contributed by atoms with Gasteiger partial charge in [0.1, 0.15) is 5.75 Å². The van der Waals surface area contributed by atoms with Crippen molar-refractivity contribution in [3.8, 4) is 5.75 Å². The van der Waals surface area contributed by atoms with Gasteiger partial charge in [-0.15, -0.1) is 0 Å². The van der Waals surface area contributed by atoms with Gasteiger partial charge in [-0.25, -0.2) is 0 Å². The highest BCUT2D eigenvalue weighted by Gasteiger charge is 2.08. The van der Waals surface area contributed by atoms with Crippen molar-refractivity contribution in [3.05, 3.63) is 29.3 Å². The number of methoxy groups -OCH3 is 1. The highest BCUT2D eigenvalue weighted by Crippen LogP contribution is 2.19. The number of hydrogen-bond donors (Lipinski definition) is 3. The number of nitrogens with two attached hydrogens (primary N) is 1. The van der Waals surface area contributed by atoms with Crippen molar-refractivity contribution in [1.29, 1.82) is 0 Å². The van der Waals surface area contributed by atoms with Gasteiger partial charge in [0, 0.05) is 13.1 Å². The molecule has 0 saturated carbocycles. The van der Waals surface area contributed by atoms with Gasteiger partial charge < -0.3 is 25.7 Å². The Morgan fingerprint density at radius 1 is 1.45 bits per heavy atom. The average molecular weight is 281 g/mol. The lowest BCUT2D eigenvalue weighted by Crippen LogP contribution is -2.21. The molecule has 6 heteroatoms. The average Bonchev–Trinajstić information content (AvgIpc) is 2.45. The minimum absolute atomic E-state index is 0.0340. The number of oxime groups is 1. The minimum Gasteiger partial charge on any atom is -0.496 e. The summed E-state index contributed by atoms with van der Waals surface area (Å²) in [5.74, 6) is 0.615. The molecule has 1 aromatic carbocycles. The number of nitrogens with zero attached hydrogens (tertiary/aromatic N) is 1. The first-order valence-electron chi connectivity index (χ1n) is 6.55. The molecule has 0 bridgehead atoms. The zero-order valence-electron chi connectivity index (χ0n) is 12.2. The second-order valence-corrected chi connectivity index (χ2v) is 4.62. The standard InChI is InChI=1S/C14H23N3O3/c1-10(2)20-7-6-16-9-11-4-5-12(14(15)17-18)13(8-11)19-3/h4-5,8,10,16,18H,6-7,9H2,1-3H3,(H2,15,17). The van der Waals surface area contributed by atoms with Gasteiger partial charge in [-0.3, -0.25) is 0 Å². The molecule has 0 aromatic heterocycles. The molecule has 0 aliphatic carbocycles. The molecule has 0 aliphatic rings. The topological polar surface area (TPSA) is 89.1 Å². The van der Waals surface area contributed by atoms with E-state index < -0.39 is 0 Å². The number of nitrogens with one attached hydrogen (secondary N) is 1. The van der Waals surface area contributed by atoms with Crippen molar-refractivity contribution in [1.82, 2.24) is 5.32 Å². The molecule has 0 saturated heterocycles. The minimum atomic E-state index is 0.0340. The van der Waals surface area contributed by atoms with Crippen LogP contribution in [0.25, 0.3) is 0 Å². The molecule has 0 atom stereocenters. The van der Waals surface area contributed by atoms with Crippen LogP contribution in [0.4, 0.5) is 0 Å². The van der Waals surface area contributed by atoms with Crippen molar-refractivity contribution < 1.29 is 14.7 Å². The Balaban J connectivity index is 2.56. The van der Waals surface area contributed by atoms with Gasteiger partial charge in [0.15, 0.2) is 5.84 Å². The van der Waals surface area contributed by atoms with E-state index in [4.69, 9.17) is 20.4 Å².